The zero-order valence-corrected chi connectivity index (χ0v) is 13.9. The number of rotatable bonds is 7. The fourth-order valence-corrected chi connectivity index (χ4v) is 2.31. The van der Waals surface area contributed by atoms with E-state index in [4.69, 9.17) is 4.74 Å². The zero-order chi connectivity index (χ0) is 17.5. The van der Waals surface area contributed by atoms with Crippen LogP contribution in [-0.2, 0) is 6.42 Å². The number of anilines is 3. The summed E-state index contributed by atoms with van der Waals surface area (Å²) in [6.07, 6.45) is 2.53. The molecule has 0 atom stereocenters. The molecule has 128 valence electrons. The molecule has 0 aliphatic rings. The Morgan fingerprint density at radius 1 is 1.00 bits per heavy atom. The minimum atomic E-state index is -0.269. The van der Waals surface area contributed by atoms with Crippen LogP contribution < -0.4 is 15.4 Å². The summed E-state index contributed by atoms with van der Waals surface area (Å²) in [5.41, 5.74) is 1.97. The van der Waals surface area contributed by atoms with Gasteiger partial charge in [0.15, 0.2) is 0 Å². The second-order valence-corrected chi connectivity index (χ2v) is 5.42. The number of hydrogen-bond acceptors (Lipinski definition) is 5. The van der Waals surface area contributed by atoms with Gasteiger partial charge in [-0.1, -0.05) is 12.1 Å². The van der Waals surface area contributed by atoms with E-state index in [0.717, 1.165) is 17.9 Å². The highest BCUT2D eigenvalue weighted by molar-refractivity contribution is 5.56. The minimum Gasteiger partial charge on any atom is -0.497 e. The van der Waals surface area contributed by atoms with E-state index in [2.05, 4.69) is 20.6 Å². The lowest BCUT2D eigenvalue weighted by molar-refractivity contribution is 0.414. The van der Waals surface area contributed by atoms with Crippen molar-refractivity contribution < 1.29 is 9.13 Å². The van der Waals surface area contributed by atoms with Crippen molar-refractivity contribution in [3.05, 3.63) is 72.2 Å². The van der Waals surface area contributed by atoms with Crippen molar-refractivity contribution in [3.8, 4) is 5.75 Å². The van der Waals surface area contributed by atoms with Crippen molar-refractivity contribution in [2.24, 2.45) is 0 Å². The van der Waals surface area contributed by atoms with Gasteiger partial charge in [-0.2, -0.15) is 4.98 Å². The molecule has 3 rings (SSSR count). The molecule has 2 aromatic carbocycles. The number of hydrogen-bond donors (Lipinski definition) is 2. The average Bonchev–Trinajstić information content (AvgIpc) is 2.65. The predicted octanol–water partition coefficient (Wildman–Crippen LogP) is 4.02. The van der Waals surface area contributed by atoms with E-state index in [0.29, 0.717) is 18.3 Å². The van der Waals surface area contributed by atoms with Gasteiger partial charge < -0.3 is 15.4 Å². The lowest BCUT2D eigenvalue weighted by Crippen LogP contribution is -2.08. The average molecular weight is 338 g/mol. The molecule has 1 aromatic heterocycles. The van der Waals surface area contributed by atoms with Crippen molar-refractivity contribution in [2.75, 3.05) is 24.3 Å². The molecule has 0 radical (unpaired) electrons. The Hall–Kier alpha value is -3.15. The third kappa shape index (κ3) is 4.91. The van der Waals surface area contributed by atoms with Gasteiger partial charge in [-0.05, 0) is 54.4 Å². The standard InChI is InChI=1S/C19H19FN4O/c1-25-17-8-2-14(3-9-17)10-12-21-19-22-13-11-18(24-19)23-16-6-4-15(20)5-7-16/h2-9,11,13H,10,12H2,1H3,(H2,21,22,23,24). The molecule has 25 heavy (non-hydrogen) atoms. The Bertz CT molecular complexity index is 806. The summed E-state index contributed by atoms with van der Waals surface area (Å²) in [5.74, 6) is 1.77. The quantitative estimate of drug-likeness (QED) is 0.681. The number of nitrogens with one attached hydrogen (secondary N) is 2. The zero-order valence-electron chi connectivity index (χ0n) is 13.9. The largest absolute Gasteiger partial charge is 0.497 e. The summed E-state index contributed by atoms with van der Waals surface area (Å²) >= 11 is 0. The molecule has 0 spiro atoms. The highest BCUT2D eigenvalue weighted by Gasteiger charge is 2.01. The van der Waals surface area contributed by atoms with Crippen molar-refractivity contribution in [3.63, 3.8) is 0 Å². The normalized spacial score (nSPS) is 10.3. The molecular formula is C19H19FN4O. The summed E-state index contributed by atoms with van der Waals surface area (Å²) < 4.78 is 18.1. The molecule has 0 amide bonds. The van der Waals surface area contributed by atoms with Crippen LogP contribution in [0.1, 0.15) is 5.56 Å². The van der Waals surface area contributed by atoms with Gasteiger partial charge in [0.05, 0.1) is 7.11 Å². The predicted molar refractivity (Wildman–Crippen MR) is 96.9 cm³/mol. The molecule has 0 saturated heterocycles. The van der Waals surface area contributed by atoms with Crippen LogP contribution in [0.5, 0.6) is 5.75 Å². The molecule has 5 nitrogen and oxygen atoms in total. The fourth-order valence-electron chi connectivity index (χ4n) is 2.31. The van der Waals surface area contributed by atoms with Crippen LogP contribution in [0.3, 0.4) is 0 Å². The van der Waals surface area contributed by atoms with Gasteiger partial charge in [-0.15, -0.1) is 0 Å². The second-order valence-electron chi connectivity index (χ2n) is 5.42. The maximum Gasteiger partial charge on any atom is 0.224 e. The van der Waals surface area contributed by atoms with Gasteiger partial charge in [-0.3, -0.25) is 0 Å². The molecule has 0 bridgehead atoms. The number of aromatic nitrogens is 2. The van der Waals surface area contributed by atoms with Crippen LogP contribution >= 0.6 is 0 Å². The van der Waals surface area contributed by atoms with Crippen LogP contribution in [0, 0.1) is 5.82 Å². The highest BCUT2D eigenvalue weighted by atomic mass is 19.1. The maximum absolute atomic E-state index is 12.9. The van der Waals surface area contributed by atoms with Crippen LogP contribution in [0.15, 0.2) is 60.8 Å². The summed E-state index contributed by atoms with van der Waals surface area (Å²) in [5, 5.41) is 6.32. The first-order chi connectivity index (χ1) is 12.2. The van der Waals surface area contributed by atoms with Gasteiger partial charge in [0.2, 0.25) is 5.95 Å². The second kappa shape index (κ2) is 8.10. The van der Waals surface area contributed by atoms with Gasteiger partial charge in [0, 0.05) is 18.4 Å². The van der Waals surface area contributed by atoms with Crippen LogP contribution in [0.4, 0.5) is 21.8 Å². The number of methoxy groups -OCH3 is 1. The number of ether oxygens (including phenoxy) is 1. The molecule has 0 aliphatic heterocycles. The summed E-state index contributed by atoms with van der Waals surface area (Å²) in [6, 6.07) is 15.8. The van der Waals surface area contributed by atoms with Gasteiger partial charge in [0.25, 0.3) is 0 Å². The molecule has 0 fully saturated rings. The molecular weight excluding hydrogens is 319 g/mol. The molecule has 0 aliphatic carbocycles. The van der Waals surface area contributed by atoms with E-state index >= 15 is 0 Å². The van der Waals surface area contributed by atoms with E-state index in [1.165, 1.54) is 17.7 Å². The van der Waals surface area contributed by atoms with Crippen molar-refractivity contribution in [1.82, 2.24) is 9.97 Å². The van der Waals surface area contributed by atoms with E-state index in [1.807, 2.05) is 24.3 Å². The first-order valence-electron chi connectivity index (χ1n) is 7.95. The Morgan fingerprint density at radius 2 is 1.76 bits per heavy atom. The first-order valence-corrected chi connectivity index (χ1v) is 7.95. The van der Waals surface area contributed by atoms with Crippen LogP contribution in [0.25, 0.3) is 0 Å². The third-order valence-corrected chi connectivity index (χ3v) is 3.63. The Morgan fingerprint density at radius 3 is 2.48 bits per heavy atom. The lowest BCUT2D eigenvalue weighted by Gasteiger charge is -2.09. The Kier molecular flexibility index (Phi) is 5.41. The molecule has 2 N–H and O–H groups in total. The van der Waals surface area contributed by atoms with Crippen molar-refractivity contribution >= 4 is 17.5 Å². The number of nitrogens with zero attached hydrogens (tertiary/aromatic N) is 2. The molecule has 1 heterocycles. The molecule has 0 saturated carbocycles. The van der Waals surface area contributed by atoms with E-state index in [9.17, 15) is 4.39 Å². The Balaban J connectivity index is 1.55. The number of benzene rings is 2. The molecule has 0 unspecified atom stereocenters. The van der Waals surface area contributed by atoms with Gasteiger partial charge >= 0.3 is 0 Å². The molecule has 6 heteroatoms. The van der Waals surface area contributed by atoms with E-state index in [1.54, 1.807) is 31.5 Å². The fraction of sp³-hybridized carbons (Fsp3) is 0.158. The van der Waals surface area contributed by atoms with E-state index < -0.39 is 0 Å². The van der Waals surface area contributed by atoms with Crippen LogP contribution in [-0.4, -0.2) is 23.6 Å². The van der Waals surface area contributed by atoms with Gasteiger partial charge in [-0.25, -0.2) is 9.37 Å². The van der Waals surface area contributed by atoms with Crippen LogP contribution in [0.2, 0.25) is 0 Å². The summed E-state index contributed by atoms with van der Waals surface area (Å²) in [6.45, 7) is 0.715. The SMILES string of the molecule is COc1ccc(CCNc2nccc(Nc3ccc(F)cc3)n2)cc1. The smallest absolute Gasteiger partial charge is 0.224 e. The highest BCUT2D eigenvalue weighted by Crippen LogP contribution is 2.16. The Labute approximate surface area is 145 Å². The summed E-state index contributed by atoms with van der Waals surface area (Å²) in [4.78, 5) is 8.61. The topological polar surface area (TPSA) is 59.1 Å². The van der Waals surface area contributed by atoms with E-state index in [-0.39, 0.29) is 5.82 Å². The molecule has 3 aromatic rings. The van der Waals surface area contributed by atoms with Crippen molar-refractivity contribution in [2.45, 2.75) is 6.42 Å². The number of halogens is 1. The monoisotopic (exact) mass is 338 g/mol. The first kappa shape index (κ1) is 16.7. The minimum absolute atomic E-state index is 0.269. The lowest BCUT2D eigenvalue weighted by atomic mass is 10.1. The van der Waals surface area contributed by atoms with Gasteiger partial charge in [0.1, 0.15) is 17.4 Å². The third-order valence-electron chi connectivity index (χ3n) is 3.63. The van der Waals surface area contributed by atoms with Crippen molar-refractivity contribution in [1.29, 1.82) is 0 Å². The maximum atomic E-state index is 12.9. The summed E-state index contributed by atoms with van der Waals surface area (Å²) in [7, 11) is 1.65.